The van der Waals surface area contributed by atoms with Gasteiger partial charge in [0.25, 0.3) is 5.91 Å². The molecule has 3 rings (SSSR count). The van der Waals surface area contributed by atoms with Crippen LogP contribution in [-0.4, -0.2) is 52.8 Å². The summed E-state index contributed by atoms with van der Waals surface area (Å²) >= 11 is 1.12. The topological polar surface area (TPSA) is 105 Å². The van der Waals surface area contributed by atoms with Crippen LogP contribution < -0.4 is 5.32 Å². The number of carbonyl (C=O) groups excluding carboxylic acids is 1. The minimum atomic E-state index is -3.50. The second-order valence-corrected chi connectivity index (χ2v) is 9.24. The number of aromatic nitrogens is 3. The highest BCUT2D eigenvalue weighted by Gasteiger charge is 2.29. The summed E-state index contributed by atoms with van der Waals surface area (Å²) in [6.07, 6.45) is 6.00. The van der Waals surface area contributed by atoms with Crippen molar-refractivity contribution in [3.63, 3.8) is 0 Å². The third-order valence-corrected chi connectivity index (χ3v) is 7.29. The maximum absolute atomic E-state index is 12.6. The van der Waals surface area contributed by atoms with Gasteiger partial charge in [-0.05, 0) is 48.8 Å². The molecule has 0 aromatic carbocycles. The quantitative estimate of drug-likeness (QED) is 0.746. The molecule has 0 bridgehead atoms. The number of amides is 1. The molecule has 2 aromatic rings. The molecule has 27 heavy (non-hydrogen) atoms. The number of carbonyl (C=O) groups is 1. The summed E-state index contributed by atoms with van der Waals surface area (Å²) in [7, 11) is -3.50. The fourth-order valence-corrected chi connectivity index (χ4v) is 5.16. The standard InChI is InChI=1S/C17H23N5O3S2/c1-2-4-15-16(26-21-20-15)17(23)19-11-13-6-9-22(10-7-13)27(24,25)14-5-3-8-18-12-14/h3,5,8,12-13H,2,4,6-7,9-11H2,1H3,(H,19,23). The number of piperidine rings is 1. The molecule has 10 heteroatoms. The lowest BCUT2D eigenvalue weighted by molar-refractivity contribution is 0.0944. The van der Waals surface area contributed by atoms with Gasteiger partial charge in [-0.2, -0.15) is 4.31 Å². The molecule has 146 valence electrons. The van der Waals surface area contributed by atoms with E-state index in [1.165, 1.54) is 10.5 Å². The van der Waals surface area contributed by atoms with Crippen LogP contribution in [0, 0.1) is 5.92 Å². The second-order valence-electron chi connectivity index (χ2n) is 6.54. The first-order valence-corrected chi connectivity index (χ1v) is 11.2. The molecule has 0 atom stereocenters. The van der Waals surface area contributed by atoms with E-state index in [4.69, 9.17) is 0 Å². The van der Waals surface area contributed by atoms with Crippen LogP contribution in [0.3, 0.4) is 0 Å². The van der Waals surface area contributed by atoms with Crippen molar-refractivity contribution in [1.82, 2.24) is 24.2 Å². The number of nitrogens with one attached hydrogen (secondary N) is 1. The third kappa shape index (κ3) is 4.69. The Morgan fingerprint density at radius 2 is 2.15 bits per heavy atom. The summed E-state index contributed by atoms with van der Waals surface area (Å²) in [6, 6.07) is 3.18. The molecule has 0 radical (unpaired) electrons. The molecule has 0 aliphatic carbocycles. The molecule has 1 amide bonds. The molecule has 0 unspecified atom stereocenters. The summed E-state index contributed by atoms with van der Waals surface area (Å²) in [5.74, 6) is 0.115. The van der Waals surface area contributed by atoms with Gasteiger partial charge >= 0.3 is 0 Å². The van der Waals surface area contributed by atoms with Gasteiger partial charge in [-0.1, -0.05) is 17.8 Å². The first-order valence-electron chi connectivity index (χ1n) is 9.02. The molecule has 1 aliphatic heterocycles. The number of aryl methyl sites for hydroxylation is 1. The van der Waals surface area contributed by atoms with Crippen molar-refractivity contribution in [3.05, 3.63) is 35.1 Å². The molecule has 2 aromatic heterocycles. The molecule has 0 saturated carbocycles. The van der Waals surface area contributed by atoms with E-state index in [9.17, 15) is 13.2 Å². The average molecular weight is 410 g/mol. The van der Waals surface area contributed by atoms with Crippen LogP contribution in [0.2, 0.25) is 0 Å². The number of hydrogen-bond acceptors (Lipinski definition) is 7. The van der Waals surface area contributed by atoms with Gasteiger partial charge in [0.1, 0.15) is 9.77 Å². The molecular weight excluding hydrogens is 386 g/mol. The average Bonchev–Trinajstić information content (AvgIpc) is 3.16. The summed E-state index contributed by atoms with van der Waals surface area (Å²) in [5, 5.41) is 6.97. The minimum absolute atomic E-state index is 0.140. The predicted molar refractivity (Wildman–Crippen MR) is 102 cm³/mol. The maximum Gasteiger partial charge on any atom is 0.264 e. The van der Waals surface area contributed by atoms with Crippen molar-refractivity contribution in [2.45, 2.75) is 37.5 Å². The van der Waals surface area contributed by atoms with Crippen LogP contribution in [0.25, 0.3) is 0 Å². The van der Waals surface area contributed by atoms with Gasteiger partial charge < -0.3 is 5.32 Å². The van der Waals surface area contributed by atoms with Crippen LogP contribution in [0.4, 0.5) is 0 Å². The molecule has 1 fully saturated rings. The lowest BCUT2D eigenvalue weighted by Crippen LogP contribution is -2.41. The highest BCUT2D eigenvalue weighted by Crippen LogP contribution is 2.23. The van der Waals surface area contributed by atoms with Gasteiger partial charge in [0, 0.05) is 32.0 Å². The van der Waals surface area contributed by atoms with Gasteiger partial charge in [0.15, 0.2) is 0 Å². The Labute approximate surface area is 163 Å². The van der Waals surface area contributed by atoms with Crippen LogP contribution in [0.1, 0.15) is 41.6 Å². The Morgan fingerprint density at radius 1 is 1.37 bits per heavy atom. The van der Waals surface area contributed by atoms with Crippen molar-refractivity contribution in [3.8, 4) is 0 Å². The smallest absolute Gasteiger partial charge is 0.264 e. The van der Waals surface area contributed by atoms with Gasteiger partial charge in [-0.15, -0.1) is 5.10 Å². The van der Waals surface area contributed by atoms with E-state index < -0.39 is 10.0 Å². The first-order chi connectivity index (χ1) is 13.0. The largest absolute Gasteiger partial charge is 0.351 e. The van der Waals surface area contributed by atoms with Crippen LogP contribution in [-0.2, 0) is 16.4 Å². The Morgan fingerprint density at radius 3 is 2.81 bits per heavy atom. The molecule has 0 spiro atoms. The number of nitrogens with zero attached hydrogens (tertiary/aromatic N) is 4. The summed E-state index contributed by atoms with van der Waals surface area (Å²) in [6.45, 7) is 3.46. The van der Waals surface area contributed by atoms with Crippen molar-refractivity contribution >= 4 is 27.5 Å². The molecular formula is C17H23N5O3S2. The van der Waals surface area contributed by atoms with Gasteiger partial charge in [-0.25, -0.2) is 8.42 Å². The van der Waals surface area contributed by atoms with Crippen molar-refractivity contribution in [2.24, 2.45) is 5.92 Å². The van der Waals surface area contributed by atoms with E-state index in [2.05, 4.69) is 19.9 Å². The lowest BCUT2D eigenvalue weighted by atomic mass is 9.98. The van der Waals surface area contributed by atoms with Crippen LogP contribution >= 0.6 is 11.5 Å². The van der Waals surface area contributed by atoms with Gasteiger partial charge in [0.05, 0.1) is 5.69 Å². The van der Waals surface area contributed by atoms with E-state index in [0.29, 0.717) is 37.4 Å². The molecule has 1 aliphatic rings. The monoisotopic (exact) mass is 409 g/mol. The van der Waals surface area contributed by atoms with Gasteiger partial charge in [0.2, 0.25) is 10.0 Å². The van der Waals surface area contributed by atoms with Crippen molar-refractivity contribution in [1.29, 1.82) is 0 Å². The van der Waals surface area contributed by atoms with E-state index in [1.807, 2.05) is 6.92 Å². The van der Waals surface area contributed by atoms with E-state index in [0.717, 1.165) is 30.1 Å². The fourth-order valence-electron chi connectivity index (χ4n) is 3.10. The van der Waals surface area contributed by atoms with Crippen molar-refractivity contribution < 1.29 is 13.2 Å². The molecule has 8 nitrogen and oxygen atoms in total. The number of hydrogen-bond donors (Lipinski definition) is 1. The Kier molecular flexibility index (Phi) is 6.51. The van der Waals surface area contributed by atoms with E-state index in [-0.39, 0.29) is 16.7 Å². The Balaban J connectivity index is 1.51. The van der Waals surface area contributed by atoms with Crippen LogP contribution in [0.5, 0.6) is 0 Å². The maximum atomic E-state index is 12.6. The van der Waals surface area contributed by atoms with E-state index in [1.54, 1.807) is 18.3 Å². The summed E-state index contributed by atoms with van der Waals surface area (Å²) < 4.78 is 30.6. The summed E-state index contributed by atoms with van der Waals surface area (Å²) in [4.78, 5) is 17.0. The number of pyridine rings is 1. The van der Waals surface area contributed by atoms with Crippen LogP contribution in [0.15, 0.2) is 29.4 Å². The zero-order valence-corrected chi connectivity index (χ0v) is 16.8. The van der Waals surface area contributed by atoms with Gasteiger partial charge in [-0.3, -0.25) is 9.78 Å². The second kappa shape index (κ2) is 8.85. The zero-order valence-electron chi connectivity index (χ0n) is 15.2. The third-order valence-electron chi connectivity index (χ3n) is 4.65. The zero-order chi connectivity index (χ0) is 19.3. The minimum Gasteiger partial charge on any atom is -0.351 e. The molecule has 1 saturated heterocycles. The fraction of sp³-hybridized carbons (Fsp3) is 0.529. The predicted octanol–water partition coefficient (Wildman–Crippen LogP) is 1.72. The molecule has 1 N–H and O–H groups in total. The molecule has 3 heterocycles. The SMILES string of the molecule is CCCc1nnsc1C(=O)NCC1CCN(S(=O)(=O)c2cccnc2)CC1. The summed E-state index contributed by atoms with van der Waals surface area (Å²) in [5.41, 5.74) is 0.748. The highest BCUT2D eigenvalue weighted by atomic mass is 32.2. The number of rotatable bonds is 7. The van der Waals surface area contributed by atoms with Crippen molar-refractivity contribution in [2.75, 3.05) is 19.6 Å². The Hall–Kier alpha value is -1.91. The number of sulfonamides is 1. The highest BCUT2D eigenvalue weighted by molar-refractivity contribution is 7.89. The Bertz CT molecular complexity index is 862. The first kappa shape index (κ1) is 19.8. The lowest BCUT2D eigenvalue weighted by Gasteiger charge is -2.31. The van der Waals surface area contributed by atoms with E-state index >= 15 is 0 Å². The normalized spacial score (nSPS) is 16.3.